The molecule has 122 valence electrons. The minimum absolute atomic E-state index is 0.0799. The maximum atomic E-state index is 12.9. The number of aromatic nitrogens is 5. The van der Waals surface area contributed by atoms with E-state index in [1.54, 1.807) is 28.4 Å². The molecule has 0 fully saturated rings. The van der Waals surface area contributed by atoms with Crippen LogP contribution < -0.4 is 5.32 Å². The molecule has 0 unspecified atom stereocenters. The van der Waals surface area contributed by atoms with Crippen molar-refractivity contribution in [3.05, 3.63) is 52.4 Å². The number of thiophene rings is 1. The first kappa shape index (κ1) is 14.9. The Bertz CT molecular complexity index is 843. The van der Waals surface area contributed by atoms with Crippen LogP contribution in [0, 0.1) is 0 Å². The first-order valence-electron chi connectivity index (χ1n) is 7.88. The molecule has 0 bridgehead atoms. The summed E-state index contributed by atoms with van der Waals surface area (Å²) in [6.45, 7) is 0.451. The van der Waals surface area contributed by atoms with E-state index >= 15 is 0 Å². The third-order valence-corrected chi connectivity index (χ3v) is 5.39. The van der Waals surface area contributed by atoms with Crippen LogP contribution >= 0.6 is 11.3 Å². The van der Waals surface area contributed by atoms with Gasteiger partial charge in [-0.15, -0.1) is 16.4 Å². The van der Waals surface area contributed by atoms with Gasteiger partial charge in [-0.3, -0.25) is 9.78 Å². The molecular formula is C16H16N6OS. The SMILES string of the molecule is O=C(NCc1cccnc1)c1c(-n2cnnn2)sc2c1CCCC2. The van der Waals surface area contributed by atoms with Crippen LogP contribution in [-0.2, 0) is 19.4 Å². The summed E-state index contributed by atoms with van der Waals surface area (Å²) >= 11 is 1.62. The summed E-state index contributed by atoms with van der Waals surface area (Å²) in [5, 5.41) is 15.2. The van der Waals surface area contributed by atoms with E-state index in [4.69, 9.17) is 0 Å². The Hall–Kier alpha value is -2.61. The molecule has 4 rings (SSSR count). The third kappa shape index (κ3) is 2.80. The van der Waals surface area contributed by atoms with Crippen LogP contribution in [0.4, 0.5) is 0 Å². The Morgan fingerprint density at radius 1 is 1.33 bits per heavy atom. The lowest BCUT2D eigenvalue weighted by atomic mass is 9.95. The van der Waals surface area contributed by atoms with Gasteiger partial charge in [0.05, 0.1) is 5.56 Å². The standard InChI is InChI=1S/C16H16N6OS/c23-15(18-9-11-4-3-7-17-8-11)14-12-5-1-2-6-13(12)24-16(14)22-10-19-20-21-22/h3-4,7-8,10H,1-2,5-6,9H2,(H,18,23). The van der Waals surface area contributed by atoms with Gasteiger partial charge in [0, 0.05) is 23.8 Å². The first-order valence-corrected chi connectivity index (χ1v) is 8.69. The molecule has 3 aromatic rings. The molecule has 0 saturated heterocycles. The largest absolute Gasteiger partial charge is 0.348 e. The number of aryl methyl sites for hydroxylation is 1. The minimum atomic E-state index is -0.0799. The molecule has 0 spiro atoms. The number of carbonyl (C=O) groups is 1. The molecule has 0 aliphatic heterocycles. The maximum absolute atomic E-state index is 12.9. The maximum Gasteiger partial charge on any atom is 0.254 e. The molecule has 3 heterocycles. The van der Waals surface area contributed by atoms with Gasteiger partial charge in [0.2, 0.25) is 0 Å². The number of rotatable bonds is 4. The van der Waals surface area contributed by atoms with E-state index in [0.29, 0.717) is 12.1 Å². The van der Waals surface area contributed by atoms with E-state index in [2.05, 4.69) is 25.8 Å². The second-order valence-electron chi connectivity index (χ2n) is 5.69. The van der Waals surface area contributed by atoms with Crippen LogP contribution in [-0.4, -0.2) is 31.1 Å². The number of tetrazole rings is 1. The first-order chi connectivity index (χ1) is 11.8. The second-order valence-corrected chi connectivity index (χ2v) is 6.77. The number of amides is 1. The molecular weight excluding hydrogens is 324 g/mol. The molecule has 0 radical (unpaired) electrons. The molecule has 24 heavy (non-hydrogen) atoms. The van der Waals surface area contributed by atoms with Gasteiger partial charge in [-0.05, 0) is 53.3 Å². The minimum Gasteiger partial charge on any atom is -0.348 e. The predicted molar refractivity (Wildman–Crippen MR) is 89.1 cm³/mol. The van der Waals surface area contributed by atoms with Crippen LogP contribution in [0.3, 0.4) is 0 Å². The summed E-state index contributed by atoms with van der Waals surface area (Å²) in [4.78, 5) is 18.2. The highest BCUT2D eigenvalue weighted by Crippen LogP contribution is 2.36. The Morgan fingerprint density at radius 2 is 2.25 bits per heavy atom. The van der Waals surface area contributed by atoms with Crippen molar-refractivity contribution in [2.75, 3.05) is 0 Å². The highest BCUT2D eigenvalue weighted by atomic mass is 32.1. The number of pyridine rings is 1. The van der Waals surface area contributed by atoms with E-state index < -0.39 is 0 Å². The van der Waals surface area contributed by atoms with Crippen molar-refractivity contribution in [3.63, 3.8) is 0 Å². The van der Waals surface area contributed by atoms with Crippen LogP contribution in [0.15, 0.2) is 30.9 Å². The van der Waals surface area contributed by atoms with E-state index in [-0.39, 0.29) is 5.91 Å². The fraction of sp³-hybridized carbons (Fsp3) is 0.312. The molecule has 1 aliphatic rings. The van der Waals surface area contributed by atoms with Gasteiger partial charge in [-0.1, -0.05) is 6.07 Å². The van der Waals surface area contributed by atoms with Crippen LogP contribution in [0.25, 0.3) is 5.00 Å². The summed E-state index contributed by atoms with van der Waals surface area (Å²) in [5.41, 5.74) is 2.84. The lowest BCUT2D eigenvalue weighted by molar-refractivity contribution is 0.0950. The van der Waals surface area contributed by atoms with Crippen molar-refractivity contribution < 1.29 is 4.79 Å². The average Bonchev–Trinajstić information content (AvgIpc) is 3.27. The van der Waals surface area contributed by atoms with Gasteiger partial charge in [0.15, 0.2) is 0 Å². The van der Waals surface area contributed by atoms with Gasteiger partial charge < -0.3 is 5.32 Å². The Labute approximate surface area is 142 Å². The summed E-state index contributed by atoms with van der Waals surface area (Å²) in [6.07, 6.45) is 9.24. The lowest BCUT2D eigenvalue weighted by Gasteiger charge is -2.13. The van der Waals surface area contributed by atoms with E-state index in [1.165, 1.54) is 17.6 Å². The summed E-state index contributed by atoms with van der Waals surface area (Å²) in [7, 11) is 0. The second kappa shape index (κ2) is 6.48. The van der Waals surface area contributed by atoms with E-state index in [1.807, 2.05) is 12.1 Å². The summed E-state index contributed by atoms with van der Waals surface area (Å²) in [5.74, 6) is -0.0799. The number of fused-ring (bicyclic) bond motifs is 1. The molecule has 3 aromatic heterocycles. The monoisotopic (exact) mass is 340 g/mol. The van der Waals surface area contributed by atoms with Crippen molar-refractivity contribution in [2.45, 2.75) is 32.2 Å². The van der Waals surface area contributed by atoms with Crippen molar-refractivity contribution in [3.8, 4) is 5.00 Å². The molecule has 1 N–H and O–H groups in total. The molecule has 0 saturated carbocycles. The molecule has 0 aromatic carbocycles. The smallest absolute Gasteiger partial charge is 0.254 e. The highest BCUT2D eigenvalue weighted by Gasteiger charge is 2.26. The van der Waals surface area contributed by atoms with Crippen molar-refractivity contribution in [1.82, 2.24) is 30.5 Å². The third-order valence-electron chi connectivity index (χ3n) is 4.11. The number of nitrogens with one attached hydrogen (secondary N) is 1. The highest BCUT2D eigenvalue weighted by molar-refractivity contribution is 7.15. The molecule has 1 amide bonds. The van der Waals surface area contributed by atoms with Gasteiger partial charge in [0.1, 0.15) is 11.3 Å². The zero-order valence-corrected chi connectivity index (χ0v) is 13.8. The van der Waals surface area contributed by atoms with Crippen molar-refractivity contribution >= 4 is 17.2 Å². The number of hydrogen-bond donors (Lipinski definition) is 1. The quantitative estimate of drug-likeness (QED) is 0.784. The fourth-order valence-electron chi connectivity index (χ4n) is 2.97. The van der Waals surface area contributed by atoms with Crippen LogP contribution in [0.1, 0.15) is 39.2 Å². The van der Waals surface area contributed by atoms with Gasteiger partial charge in [-0.2, -0.15) is 4.68 Å². The molecule has 1 aliphatic carbocycles. The summed E-state index contributed by atoms with van der Waals surface area (Å²) < 4.78 is 1.59. The average molecular weight is 340 g/mol. The normalized spacial score (nSPS) is 13.5. The van der Waals surface area contributed by atoms with Gasteiger partial charge in [-0.25, -0.2) is 0 Å². The lowest BCUT2D eigenvalue weighted by Crippen LogP contribution is -2.25. The molecule has 0 atom stereocenters. The Morgan fingerprint density at radius 3 is 3.04 bits per heavy atom. The van der Waals surface area contributed by atoms with E-state index in [9.17, 15) is 4.79 Å². The fourth-order valence-corrected chi connectivity index (χ4v) is 4.28. The number of carbonyl (C=O) groups excluding carboxylic acids is 1. The Kier molecular flexibility index (Phi) is 4.04. The van der Waals surface area contributed by atoms with Crippen LogP contribution in [0.5, 0.6) is 0 Å². The zero-order chi connectivity index (χ0) is 16.4. The Balaban J connectivity index is 1.65. The number of hydrogen-bond acceptors (Lipinski definition) is 6. The van der Waals surface area contributed by atoms with Gasteiger partial charge in [0.25, 0.3) is 5.91 Å². The topological polar surface area (TPSA) is 85.6 Å². The van der Waals surface area contributed by atoms with Crippen molar-refractivity contribution in [1.29, 1.82) is 0 Å². The van der Waals surface area contributed by atoms with Crippen LogP contribution in [0.2, 0.25) is 0 Å². The predicted octanol–water partition coefficient (Wildman–Crippen LogP) is 1.93. The molecule has 7 nitrogen and oxygen atoms in total. The van der Waals surface area contributed by atoms with E-state index in [0.717, 1.165) is 35.4 Å². The summed E-state index contributed by atoms with van der Waals surface area (Å²) in [6, 6.07) is 3.80. The molecule has 8 heteroatoms. The van der Waals surface area contributed by atoms with Crippen molar-refractivity contribution in [2.24, 2.45) is 0 Å². The number of nitrogens with zero attached hydrogens (tertiary/aromatic N) is 5. The zero-order valence-electron chi connectivity index (χ0n) is 13.0. The van der Waals surface area contributed by atoms with Gasteiger partial charge >= 0.3 is 0 Å².